The fourth-order valence-electron chi connectivity index (χ4n) is 3.54. The lowest BCUT2D eigenvalue weighted by Crippen LogP contribution is -2.38. The molecule has 2 atom stereocenters. The predicted octanol–water partition coefficient (Wildman–Crippen LogP) is 4.86. The molecule has 33 heavy (non-hydrogen) atoms. The molecule has 0 aliphatic carbocycles. The summed E-state index contributed by atoms with van der Waals surface area (Å²) in [6, 6.07) is 18.1. The third kappa shape index (κ3) is 6.55. The molecule has 0 spiro atoms. The fourth-order valence-corrected chi connectivity index (χ4v) is 3.54. The normalized spacial score (nSPS) is 13.2. The SMILES string of the molecule is CNC(=O)[C@@H](N[C@H](CCc1ccc(OC)cc1)c1ccc(C(F)(F)F)nc1)c1ccccc1. The molecule has 0 fully saturated rings. The van der Waals surface area contributed by atoms with Gasteiger partial charge in [0.05, 0.1) is 7.11 Å². The minimum Gasteiger partial charge on any atom is -0.497 e. The molecule has 0 aliphatic rings. The number of halogens is 3. The second kappa shape index (κ2) is 11.0. The maximum atomic E-state index is 13.0. The summed E-state index contributed by atoms with van der Waals surface area (Å²) in [6.07, 6.45) is -2.11. The molecule has 3 aromatic rings. The van der Waals surface area contributed by atoms with Crippen molar-refractivity contribution < 1.29 is 22.7 Å². The van der Waals surface area contributed by atoms with Crippen LogP contribution >= 0.6 is 0 Å². The van der Waals surface area contributed by atoms with Gasteiger partial charge in [0.15, 0.2) is 0 Å². The van der Waals surface area contributed by atoms with Gasteiger partial charge in [0, 0.05) is 19.3 Å². The first-order valence-electron chi connectivity index (χ1n) is 10.5. The van der Waals surface area contributed by atoms with Crippen LogP contribution in [-0.2, 0) is 17.4 Å². The molecule has 0 bridgehead atoms. The summed E-state index contributed by atoms with van der Waals surface area (Å²) < 4.78 is 44.2. The van der Waals surface area contributed by atoms with Crippen LogP contribution in [-0.4, -0.2) is 25.0 Å². The monoisotopic (exact) mass is 457 g/mol. The number of amides is 1. The van der Waals surface area contributed by atoms with Crippen LogP contribution < -0.4 is 15.4 Å². The highest BCUT2D eigenvalue weighted by molar-refractivity contribution is 5.83. The Labute approximate surface area is 191 Å². The Kier molecular flexibility index (Phi) is 8.06. The van der Waals surface area contributed by atoms with Gasteiger partial charge in [-0.15, -0.1) is 0 Å². The maximum absolute atomic E-state index is 13.0. The number of carbonyl (C=O) groups excluding carboxylic acids is 1. The number of hydrogen-bond acceptors (Lipinski definition) is 4. The van der Waals surface area contributed by atoms with Crippen molar-refractivity contribution in [2.24, 2.45) is 0 Å². The van der Waals surface area contributed by atoms with Crippen LogP contribution in [0.5, 0.6) is 5.75 Å². The number of pyridine rings is 1. The smallest absolute Gasteiger partial charge is 0.433 e. The minimum atomic E-state index is -4.51. The van der Waals surface area contributed by atoms with Gasteiger partial charge < -0.3 is 10.1 Å². The van der Waals surface area contributed by atoms with Gasteiger partial charge in [-0.2, -0.15) is 13.2 Å². The molecule has 0 radical (unpaired) electrons. The van der Waals surface area contributed by atoms with Crippen LogP contribution in [0, 0.1) is 0 Å². The Balaban J connectivity index is 1.88. The first kappa shape index (κ1) is 24.3. The first-order chi connectivity index (χ1) is 15.8. The highest BCUT2D eigenvalue weighted by Gasteiger charge is 2.32. The quantitative estimate of drug-likeness (QED) is 0.482. The van der Waals surface area contributed by atoms with Crippen molar-refractivity contribution >= 4 is 5.91 Å². The van der Waals surface area contributed by atoms with Crippen LogP contribution in [0.3, 0.4) is 0 Å². The van der Waals surface area contributed by atoms with Crippen molar-refractivity contribution in [3.8, 4) is 5.75 Å². The third-order valence-corrected chi connectivity index (χ3v) is 5.37. The number of nitrogens with one attached hydrogen (secondary N) is 2. The Morgan fingerprint density at radius 1 is 1.00 bits per heavy atom. The van der Waals surface area contributed by atoms with E-state index in [0.717, 1.165) is 22.9 Å². The van der Waals surface area contributed by atoms with Crippen molar-refractivity contribution in [3.63, 3.8) is 0 Å². The van der Waals surface area contributed by atoms with E-state index < -0.39 is 24.0 Å². The number of methoxy groups -OCH3 is 1. The van der Waals surface area contributed by atoms with E-state index in [0.29, 0.717) is 18.4 Å². The van der Waals surface area contributed by atoms with E-state index in [4.69, 9.17) is 4.74 Å². The zero-order chi connectivity index (χ0) is 23.8. The van der Waals surface area contributed by atoms with E-state index in [1.165, 1.54) is 12.3 Å². The lowest BCUT2D eigenvalue weighted by molar-refractivity contribution is -0.141. The average Bonchev–Trinajstić information content (AvgIpc) is 2.84. The molecule has 5 nitrogen and oxygen atoms in total. The molecule has 1 aromatic heterocycles. The van der Waals surface area contributed by atoms with Crippen LogP contribution in [0.25, 0.3) is 0 Å². The van der Waals surface area contributed by atoms with E-state index in [9.17, 15) is 18.0 Å². The van der Waals surface area contributed by atoms with Crippen LogP contribution in [0.2, 0.25) is 0 Å². The van der Waals surface area contributed by atoms with E-state index >= 15 is 0 Å². The molecule has 2 N–H and O–H groups in total. The predicted molar refractivity (Wildman–Crippen MR) is 120 cm³/mol. The van der Waals surface area contributed by atoms with Gasteiger partial charge in [-0.25, -0.2) is 0 Å². The van der Waals surface area contributed by atoms with E-state index in [1.807, 2.05) is 54.6 Å². The molecule has 2 aromatic carbocycles. The van der Waals surface area contributed by atoms with Crippen LogP contribution in [0.4, 0.5) is 13.2 Å². The minimum absolute atomic E-state index is 0.240. The van der Waals surface area contributed by atoms with Crippen molar-refractivity contribution in [1.29, 1.82) is 0 Å². The average molecular weight is 457 g/mol. The van der Waals surface area contributed by atoms with Gasteiger partial charge in [0.25, 0.3) is 0 Å². The molecule has 0 unspecified atom stereocenters. The zero-order valence-electron chi connectivity index (χ0n) is 18.4. The first-order valence-corrected chi connectivity index (χ1v) is 10.5. The lowest BCUT2D eigenvalue weighted by atomic mass is 9.97. The van der Waals surface area contributed by atoms with Crippen LogP contribution in [0.15, 0.2) is 72.9 Å². The zero-order valence-corrected chi connectivity index (χ0v) is 18.4. The molecular weight excluding hydrogens is 431 g/mol. The molecular formula is C25H26F3N3O2. The van der Waals surface area contributed by atoms with Crippen molar-refractivity contribution in [3.05, 3.63) is 95.3 Å². The summed E-state index contributed by atoms with van der Waals surface area (Å²) >= 11 is 0. The summed E-state index contributed by atoms with van der Waals surface area (Å²) in [5.41, 5.74) is 1.41. The largest absolute Gasteiger partial charge is 0.497 e. The van der Waals surface area contributed by atoms with Gasteiger partial charge in [-0.05, 0) is 47.7 Å². The Hall–Kier alpha value is -3.39. The number of ether oxygens (including phenoxy) is 1. The number of likely N-dealkylation sites (N-methyl/N-ethyl adjacent to an activating group) is 1. The molecule has 1 heterocycles. The number of nitrogens with zero attached hydrogens (tertiary/aromatic N) is 1. The molecule has 8 heteroatoms. The summed E-state index contributed by atoms with van der Waals surface area (Å²) in [7, 11) is 3.14. The Morgan fingerprint density at radius 3 is 2.24 bits per heavy atom. The highest BCUT2D eigenvalue weighted by atomic mass is 19.4. The Morgan fingerprint density at radius 2 is 1.70 bits per heavy atom. The van der Waals surface area contributed by atoms with Gasteiger partial charge in [-0.1, -0.05) is 48.5 Å². The summed E-state index contributed by atoms with van der Waals surface area (Å²) in [6.45, 7) is 0. The standard InChI is InChI=1S/C25H26F3N3O2/c1-29-24(32)23(18-6-4-3-5-7-18)31-21(14-10-17-8-12-20(33-2)13-9-17)19-11-15-22(30-16-19)25(26,27)28/h3-9,11-13,15-16,21,23,31H,10,14H2,1-2H3,(H,29,32)/t21-,23+/m1/s1. The summed E-state index contributed by atoms with van der Waals surface area (Å²) in [5.74, 6) is 0.500. The lowest BCUT2D eigenvalue weighted by Gasteiger charge is -2.26. The van der Waals surface area contributed by atoms with Crippen molar-refractivity contribution in [1.82, 2.24) is 15.6 Å². The number of hydrogen-bond donors (Lipinski definition) is 2. The van der Waals surface area contributed by atoms with Gasteiger partial charge in [0.1, 0.15) is 17.5 Å². The molecule has 0 saturated carbocycles. The summed E-state index contributed by atoms with van der Waals surface area (Å²) in [5, 5.41) is 5.99. The second-order valence-electron chi connectivity index (χ2n) is 7.54. The van der Waals surface area contributed by atoms with E-state index in [-0.39, 0.29) is 5.91 Å². The van der Waals surface area contributed by atoms with Crippen molar-refractivity contribution in [2.45, 2.75) is 31.1 Å². The van der Waals surface area contributed by atoms with Gasteiger partial charge in [0.2, 0.25) is 5.91 Å². The van der Waals surface area contributed by atoms with Gasteiger partial charge in [-0.3, -0.25) is 15.1 Å². The second-order valence-corrected chi connectivity index (χ2v) is 7.54. The molecule has 3 rings (SSSR count). The van der Waals surface area contributed by atoms with Crippen molar-refractivity contribution in [2.75, 3.05) is 14.2 Å². The van der Waals surface area contributed by atoms with Gasteiger partial charge >= 0.3 is 6.18 Å². The van der Waals surface area contributed by atoms with Crippen LogP contribution in [0.1, 0.15) is 40.9 Å². The highest BCUT2D eigenvalue weighted by Crippen LogP contribution is 2.30. The number of alkyl halides is 3. The van der Waals surface area contributed by atoms with E-state index in [1.54, 1.807) is 14.2 Å². The molecule has 174 valence electrons. The number of benzene rings is 2. The maximum Gasteiger partial charge on any atom is 0.433 e. The number of rotatable bonds is 9. The molecule has 0 saturated heterocycles. The number of aromatic nitrogens is 1. The molecule has 1 amide bonds. The summed E-state index contributed by atoms with van der Waals surface area (Å²) in [4.78, 5) is 16.3. The topological polar surface area (TPSA) is 63.2 Å². The third-order valence-electron chi connectivity index (χ3n) is 5.37. The Bertz CT molecular complexity index is 1020. The number of aryl methyl sites for hydroxylation is 1. The fraction of sp³-hybridized carbons (Fsp3) is 0.280. The number of carbonyl (C=O) groups is 1. The molecule has 0 aliphatic heterocycles. The van der Waals surface area contributed by atoms with E-state index in [2.05, 4.69) is 15.6 Å².